The van der Waals surface area contributed by atoms with Gasteiger partial charge in [0, 0.05) is 36.6 Å². The van der Waals surface area contributed by atoms with Crippen LogP contribution in [0.15, 0.2) is 30.6 Å². The first-order valence-electron chi connectivity index (χ1n) is 7.57. The van der Waals surface area contributed by atoms with Gasteiger partial charge in [0.15, 0.2) is 0 Å². The molecule has 0 spiro atoms. The van der Waals surface area contributed by atoms with E-state index in [9.17, 15) is 0 Å². The first kappa shape index (κ1) is 14.9. The van der Waals surface area contributed by atoms with Crippen LogP contribution in [0.4, 0.5) is 0 Å². The summed E-state index contributed by atoms with van der Waals surface area (Å²) < 4.78 is 4.30. The Morgan fingerprint density at radius 3 is 2.70 bits per heavy atom. The second-order valence-corrected chi connectivity index (χ2v) is 5.54. The molecule has 110 valence electrons. The van der Waals surface area contributed by atoms with E-state index in [4.69, 9.17) is 5.73 Å². The van der Waals surface area contributed by atoms with Crippen LogP contribution < -0.4 is 5.73 Å². The molecule has 0 aromatic carbocycles. The summed E-state index contributed by atoms with van der Waals surface area (Å²) in [6, 6.07) is 7.04. The van der Waals surface area contributed by atoms with Crippen molar-refractivity contribution in [2.75, 3.05) is 0 Å². The fourth-order valence-electron chi connectivity index (χ4n) is 2.27. The Labute approximate surface area is 121 Å². The zero-order valence-corrected chi connectivity index (χ0v) is 12.8. The topological polar surface area (TPSA) is 48.8 Å². The number of nitrogens with two attached hydrogens (primary N) is 1. The third kappa shape index (κ3) is 3.51. The molecule has 20 heavy (non-hydrogen) atoms. The minimum atomic E-state index is 0.237. The molecule has 2 aromatic heterocycles. The van der Waals surface area contributed by atoms with E-state index in [2.05, 4.69) is 65.7 Å². The zero-order valence-electron chi connectivity index (χ0n) is 12.8. The van der Waals surface area contributed by atoms with Gasteiger partial charge in [-0.3, -0.25) is 4.68 Å². The van der Waals surface area contributed by atoms with Gasteiger partial charge in [0.05, 0.1) is 12.2 Å². The van der Waals surface area contributed by atoms with Crippen LogP contribution in [0.25, 0.3) is 0 Å². The highest BCUT2D eigenvalue weighted by Gasteiger charge is 2.09. The maximum Gasteiger partial charge on any atom is 0.0821 e. The predicted octanol–water partition coefficient (Wildman–Crippen LogP) is 2.98. The summed E-state index contributed by atoms with van der Waals surface area (Å²) in [5, 5.41) is 4.66. The lowest BCUT2D eigenvalue weighted by Crippen LogP contribution is -2.23. The Morgan fingerprint density at radius 1 is 1.20 bits per heavy atom. The molecule has 0 bridgehead atoms. The molecule has 0 aliphatic rings. The van der Waals surface area contributed by atoms with E-state index in [1.165, 1.54) is 5.69 Å². The molecule has 2 atom stereocenters. The van der Waals surface area contributed by atoms with Crippen molar-refractivity contribution in [2.24, 2.45) is 5.73 Å². The number of rotatable bonds is 7. The molecule has 4 nitrogen and oxygen atoms in total. The largest absolute Gasteiger partial charge is 0.345 e. The third-order valence-corrected chi connectivity index (χ3v) is 3.96. The summed E-state index contributed by atoms with van der Waals surface area (Å²) in [4.78, 5) is 0. The van der Waals surface area contributed by atoms with Gasteiger partial charge in [-0.15, -0.1) is 0 Å². The van der Waals surface area contributed by atoms with Crippen LogP contribution in [0.2, 0.25) is 0 Å². The molecule has 0 saturated heterocycles. The van der Waals surface area contributed by atoms with E-state index in [1.807, 2.05) is 0 Å². The van der Waals surface area contributed by atoms with Crippen LogP contribution in [0.1, 0.15) is 51.0 Å². The quantitative estimate of drug-likeness (QED) is 0.844. The zero-order chi connectivity index (χ0) is 14.5. The second-order valence-electron chi connectivity index (χ2n) is 5.54. The molecule has 2 N–H and O–H groups in total. The highest BCUT2D eigenvalue weighted by Crippen LogP contribution is 2.12. The van der Waals surface area contributed by atoms with Crippen molar-refractivity contribution in [2.45, 2.75) is 58.7 Å². The van der Waals surface area contributed by atoms with E-state index in [1.54, 1.807) is 0 Å². The van der Waals surface area contributed by atoms with Gasteiger partial charge < -0.3 is 10.3 Å². The minimum absolute atomic E-state index is 0.237. The van der Waals surface area contributed by atoms with E-state index in [-0.39, 0.29) is 6.04 Å². The van der Waals surface area contributed by atoms with Crippen LogP contribution in [0.3, 0.4) is 0 Å². The molecule has 0 radical (unpaired) electrons. The lowest BCUT2D eigenvalue weighted by molar-refractivity contribution is 0.471. The average Bonchev–Trinajstić information content (AvgIpc) is 3.08. The van der Waals surface area contributed by atoms with Crippen LogP contribution in [0.5, 0.6) is 0 Å². The van der Waals surface area contributed by atoms with Crippen molar-refractivity contribution in [1.82, 2.24) is 14.3 Å². The average molecular weight is 274 g/mol. The lowest BCUT2D eigenvalue weighted by Gasteiger charge is -2.12. The van der Waals surface area contributed by atoms with Gasteiger partial charge in [0.2, 0.25) is 0 Å². The molecule has 0 aliphatic carbocycles. The monoisotopic (exact) mass is 274 g/mol. The van der Waals surface area contributed by atoms with Crippen molar-refractivity contribution < 1.29 is 0 Å². The van der Waals surface area contributed by atoms with Crippen molar-refractivity contribution in [1.29, 1.82) is 0 Å². The Morgan fingerprint density at radius 2 is 2.00 bits per heavy atom. The fourth-order valence-corrected chi connectivity index (χ4v) is 2.27. The Bertz CT molecular complexity index is 526. The summed E-state index contributed by atoms with van der Waals surface area (Å²) in [6.45, 7) is 7.33. The minimum Gasteiger partial charge on any atom is -0.345 e. The normalized spacial score (nSPS) is 14.4. The molecular formula is C16H26N4. The summed E-state index contributed by atoms with van der Waals surface area (Å²) >= 11 is 0. The van der Waals surface area contributed by atoms with Crippen molar-refractivity contribution >= 4 is 0 Å². The van der Waals surface area contributed by atoms with Crippen LogP contribution in [-0.4, -0.2) is 20.4 Å². The van der Waals surface area contributed by atoms with E-state index >= 15 is 0 Å². The SMILES string of the molecule is CCC(N)Cc1cccn1Cc1ccn(C(C)CC)n1. The van der Waals surface area contributed by atoms with Crippen molar-refractivity contribution in [3.63, 3.8) is 0 Å². The molecule has 2 heterocycles. The Balaban J connectivity index is 2.06. The molecule has 2 aromatic rings. The van der Waals surface area contributed by atoms with Gasteiger partial charge >= 0.3 is 0 Å². The van der Waals surface area contributed by atoms with Gasteiger partial charge in [-0.25, -0.2) is 0 Å². The van der Waals surface area contributed by atoms with Gasteiger partial charge in [0.25, 0.3) is 0 Å². The van der Waals surface area contributed by atoms with Crippen LogP contribution in [0, 0.1) is 0 Å². The van der Waals surface area contributed by atoms with Gasteiger partial charge in [-0.2, -0.15) is 5.10 Å². The van der Waals surface area contributed by atoms with E-state index in [0.29, 0.717) is 6.04 Å². The second kappa shape index (κ2) is 6.75. The third-order valence-electron chi connectivity index (χ3n) is 3.96. The number of hydrogen-bond donors (Lipinski definition) is 1. The molecule has 0 fully saturated rings. The molecule has 0 aliphatic heterocycles. The molecule has 0 amide bonds. The Kier molecular flexibility index (Phi) is 5.01. The highest BCUT2D eigenvalue weighted by molar-refractivity contribution is 5.12. The predicted molar refractivity (Wildman–Crippen MR) is 82.7 cm³/mol. The van der Waals surface area contributed by atoms with Gasteiger partial charge in [-0.05, 0) is 38.0 Å². The molecule has 0 saturated carbocycles. The van der Waals surface area contributed by atoms with Crippen molar-refractivity contribution in [3.8, 4) is 0 Å². The molecule has 4 heteroatoms. The highest BCUT2D eigenvalue weighted by atomic mass is 15.3. The fraction of sp³-hybridized carbons (Fsp3) is 0.562. The molecule has 2 rings (SSSR count). The number of aromatic nitrogens is 3. The first-order valence-corrected chi connectivity index (χ1v) is 7.57. The maximum atomic E-state index is 6.06. The van der Waals surface area contributed by atoms with Gasteiger partial charge in [-0.1, -0.05) is 13.8 Å². The molecular weight excluding hydrogens is 248 g/mol. The number of nitrogens with zero attached hydrogens (tertiary/aromatic N) is 3. The smallest absolute Gasteiger partial charge is 0.0821 e. The summed E-state index contributed by atoms with van der Waals surface area (Å²) in [5.74, 6) is 0. The van der Waals surface area contributed by atoms with E-state index in [0.717, 1.165) is 31.5 Å². The maximum absolute atomic E-state index is 6.06. The summed E-state index contributed by atoms with van der Waals surface area (Å²) in [7, 11) is 0. The Hall–Kier alpha value is -1.55. The first-order chi connectivity index (χ1) is 9.63. The standard InChI is InChI=1S/C16H26N4/c1-4-13(3)20-10-8-15(18-20)12-19-9-6-7-16(19)11-14(17)5-2/h6-10,13-14H,4-5,11-12,17H2,1-3H3. The molecule has 2 unspecified atom stereocenters. The van der Waals surface area contributed by atoms with Crippen molar-refractivity contribution in [3.05, 3.63) is 42.0 Å². The number of hydrogen-bond acceptors (Lipinski definition) is 2. The summed E-state index contributed by atoms with van der Waals surface area (Å²) in [6.07, 6.45) is 7.22. The summed E-state index contributed by atoms with van der Waals surface area (Å²) in [5.41, 5.74) is 8.45. The van der Waals surface area contributed by atoms with Crippen LogP contribution in [-0.2, 0) is 13.0 Å². The van der Waals surface area contributed by atoms with E-state index < -0.39 is 0 Å². The van der Waals surface area contributed by atoms with Crippen LogP contribution >= 0.6 is 0 Å². The lowest BCUT2D eigenvalue weighted by atomic mass is 10.1. The van der Waals surface area contributed by atoms with Gasteiger partial charge in [0.1, 0.15) is 0 Å².